The fourth-order valence-corrected chi connectivity index (χ4v) is 5.44. The third kappa shape index (κ3) is 5.25. The Balaban J connectivity index is 1.38. The molecular formula is C28H37N5O3. The standard InChI is InChI=1S/C28H37N5O3/c1-18(24-15-25(31-30-24)19-9-5-3-6-10-19)32(2)28(36)23-17-33(21-11-7-4-8-12-21)16-22(26(23)34)27(35)29-20-13-14-20/h3,5-6,9-10,16-18,20-21,24-25,30-31H,4,7-8,11-15H2,1-2H3,(H,29,35). The number of hydrogen-bond donors (Lipinski definition) is 3. The molecule has 2 aromatic rings. The van der Waals surface area contributed by atoms with Crippen molar-refractivity contribution in [3.63, 3.8) is 0 Å². The summed E-state index contributed by atoms with van der Waals surface area (Å²) in [7, 11) is 1.74. The van der Waals surface area contributed by atoms with Crippen molar-refractivity contribution in [3.05, 3.63) is 69.6 Å². The Morgan fingerprint density at radius 3 is 2.39 bits per heavy atom. The fourth-order valence-electron chi connectivity index (χ4n) is 5.44. The number of likely N-dealkylation sites (N-methyl/N-ethyl adjacent to an activating group) is 1. The molecule has 192 valence electrons. The van der Waals surface area contributed by atoms with Crippen LogP contribution in [0.5, 0.6) is 0 Å². The van der Waals surface area contributed by atoms with Crippen LogP contribution in [0.25, 0.3) is 0 Å². The molecule has 5 rings (SSSR count). The van der Waals surface area contributed by atoms with Gasteiger partial charge in [-0.25, -0.2) is 5.43 Å². The SMILES string of the molecule is CC(C1CC(c2ccccc2)NN1)N(C)C(=O)c1cn(C2CCCCC2)cc(C(=O)NC2CC2)c1=O. The van der Waals surface area contributed by atoms with Crippen LogP contribution in [0.2, 0.25) is 0 Å². The van der Waals surface area contributed by atoms with Gasteiger partial charge in [0.1, 0.15) is 11.1 Å². The van der Waals surface area contributed by atoms with E-state index in [4.69, 9.17) is 0 Å². The first-order chi connectivity index (χ1) is 17.4. The maximum Gasteiger partial charge on any atom is 0.259 e. The third-order valence-corrected chi connectivity index (χ3v) is 8.08. The van der Waals surface area contributed by atoms with Gasteiger partial charge in [-0.1, -0.05) is 49.6 Å². The molecule has 8 nitrogen and oxygen atoms in total. The van der Waals surface area contributed by atoms with Gasteiger partial charge >= 0.3 is 0 Å². The highest BCUT2D eigenvalue weighted by Gasteiger charge is 2.34. The predicted molar refractivity (Wildman–Crippen MR) is 139 cm³/mol. The average molecular weight is 492 g/mol. The van der Waals surface area contributed by atoms with E-state index in [9.17, 15) is 14.4 Å². The van der Waals surface area contributed by atoms with Crippen LogP contribution in [-0.4, -0.2) is 46.5 Å². The van der Waals surface area contributed by atoms with Crippen molar-refractivity contribution in [1.29, 1.82) is 0 Å². The Hall–Kier alpha value is -2.97. The molecule has 3 atom stereocenters. The summed E-state index contributed by atoms with van der Waals surface area (Å²) in [6.45, 7) is 1.99. The number of amides is 2. The molecule has 1 saturated heterocycles. The molecule has 1 aliphatic heterocycles. The summed E-state index contributed by atoms with van der Waals surface area (Å²) in [5, 5.41) is 2.93. The van der Waals surface area contributed by atoms with Crippen LogP contribution < -0.4 is 21.6 Å². The molecule has 0 radical (unpaired) electrons. The number of carbonyl (C=O) groups is 2. The highest BCUT2D eigenvalue weighted by Crippen LogP contribution is 2.29. The summed E-state index contributed by atoms with van der Waals surface area (Å²) in [4.78, 5) is 41.7. The molecule has 3 fully saturated rings. The quantitative estimate of drug-likeness (QED) is 0.552. The number of carbonyl (C=O) groups excluding carboxylic acids is 2. The number of rotatable bonds is 7. The Labute approximate surface area is 212 Å². The Morgan fingerprint density at radius 2 is 1.69 bits per heavy atom. The Bertz CT molecular complexity index is 1150. The summed E-state index contributed by atoms with van der Waals surface area (Å²) < 4.78 is 1.95. The second-order valence-electron chi connectivity index (χ2n) is 10.7. The van der Waals surface area contributed by atoms with E-state index in [1.54, 1.807) is 24.3 Å². The molecule has 0 bridgehead atoms. The maximum atomic E-state index is 13.7. The van der Waals surface area contributed by atoms with Crippen LogP contribution in [0.15, 0.2) is 47.5 Å². The number of nitrogens with zero attached hydrogens (tertiary/aromatic N) is 2. The van der Waals surface area contributed by atoms with Crippen molar-refractivity contribution in [3.8, 4) is 0 Å². The van der Waals surface area contributed by atoms with Gasteiger partial charge in [-0.05, 0) is 44.6 Å². The van der Waals surface area contributed by atoms with E-state index in [1.165, 1.54) is 12.0 Å². The number of aromatic nitrogens is 1. The Morgan fingerprint density at radius 1 is 1.00 bits per heavy atom. The molecule has 0 spiro atoms. The summed E-state index contributed by atoms with van der Waals surface area (Å²) in [5.74, 6) is -0.715. The van der Waals surface area contributed by atoms with E-state index < -0.39 is 5.43 Å². The molecule has 2 heterocycles. The van der Waals surface area contributed by atoms with E-state index in [-0.39, 0.29) is 53.2 Å². The first-order valence-corrected chi connectivity index (χ1v) is 13.3. The van der Waals surface area contributed by atoms with Gasteiger partial charge in [-0.3, -0.25) is 19.8 Å². The number of benzene rings is 1. The summed E-state index contributed by atoms with van der Waals surface area (Å²) in [6.07, 6.45) is 11.5. The van der Waals surface area contributed by atoms with Gasteiger partial charge in [0.25, 0.3) is 11.8 Å². The third-order valence-electron chi connectivity index (χ3n) is 8.08. The normalized spacial score (nSPS) is 23.3. The van der Waals surface area contributed by atoms with Crippen molar-refractivity contribution >= 4 is 11.8 Å². The first kappa shape index (κ1) is 24.7. The van der Waals surface area contributed by atoms with Crippen LogP contribution in [0.3, 0.4) is 0 Å². The van der Waals surface area contributed by atoms with Gasteiger partial charge in [-0.2, -0.15) is 0 Å². The lowest BCUT2D eigenvalue weighted by Crippen LogP contribution is -2.49. The van der Waals surface area contributed by atoms with Crippen molar-refractivity contribution in [1.82, 2.24) is 25.6 Å². The second kappa shape index (κ2) is 10.6. The van der Waals surface area contributed by atoms with Crippen molar-refractivity contribution in [2.75, 3.05) is 7.05 Å². The van der Waals surface area contributed by atoms with Crippen molar-refractivity contribution < 1.29 is 9.59 Å². The lowest BCUT2D eigenvalue weighted by Gasteiger charge is -2.30. The molecule has 8 heteroatoms. The van der Waals surface area contributed by atoms with Crippen molar-refractivity contribution in [2.24, 2.45) is 0 Å². The van der Waals surface area contributed by atoms with Crippen LogP contribution >= 0.6 is 0 Å². The van der Waals surface area contributed by atoms with Crippen LogP contribution in [0, 0.1) is 0 Å². The molecule has 36 heavy (non-hydrogen) atoms. The van der Waals surface area contributed by atoms with Crippen LogP contribution in [0.1, 0.15) is 96.7 Å². The molecule has 1 aromatic heterocycles. The molecule has 2 aliphatic carbocycles. The van der Waals surface area contributed by atoms with Gasteiger partial charge in [0.05, 0.1) is 0 Å². The molecule has 3 N–H and O–H groups in total. The molecule has 3 unspecified atom stereocenters. The topological polar surface area (TPSA) is 95.5 Å². The minimum atomic E-state index is -0.482. The highest BCUT2D eigenvalue weighted by molar-refractivity contribution is 5.99. The monoisotopic (exact) mass is 491 g/mol. The van der Waals surface area contributed by atoms with E-state index in [1.807, 2.05) is 29.7 Å². The average Bonchev–Trinajstić information content (AvgIpc) is 3.59. The lowest BCUT2D eigenvalue weighted by molar-refractivity contribution is 0.0712. The van der Waals surface area contributed by atoms with E-state index in [0.29, 0.717) is 0 Å². The van der Waals surface area contributed by atoms with Crippen molar-refractivity contribution in [2.45, 2.75) is 88.5 Å². The second-order valence-corrected chi connectivity index (χ2v) is 10.7. The molecule has 3 aliphatic rings. The largest absolute Gasteiger partial charge is 0.349 e. The summed E-state index contributed by atoms with van der Waals surface area (Å²) in [6, 6.07) is 10.6. The zero-order chi connectivity index (χ0) is 25.2. The first-order valence-electron chi connectivity index (χ1n) is 13.3. The summed E-state index contributed by atoms with van der Waals surface area (Å²) >= 11 is 0. The van der Waals surface area contributed by atoms with Gasteiger partial charge in [0.2, 0.25) is 5.43 Å². The zero-order valence-corrected chi connectivity index (χ0v) is 21.2. The molecule has 2 saturated carbocycles. The molecule has 1 aromatic carbocycles. The summed E-state index contributed by atoms with van der Waals surface area (Å²) in [5.41, 5.74) is 7.54. The van der Waals surface area contributed by atoms with Crippen LogP contribution in [-0.2, 0) is 0 Å². The van der Waals surface area contributed by atoms with Gasteiger partial charge in [-0.15, -0.1) is 0 Å². The minimum absolute atomic E-state index is 0.0195. The van der Waals surface area contributed by atoms with Gasteiger partial charge < -0.3 is 14.8 Å². The lowest BCUT2D eigenvalue weighted by atomic mass is 9.94. The van der Waals surface area contributed by atoms with E-state index in [0.717, 1.165) is 44.9 Å². The van der Waals surface area contributed by atoms with E-state index >= 15 is 0 Å². The van der Waals surface area contributed by atoms with E-state index in [2.05, 4.69) is 28.3 Å². The highest BCUT2D eigenvalue weighted by atomic mass is 16.2. The predicted octanol–water partition coefficient (Wildman–Crippen LogP) is 3.31. The number of hydrazine groups is 1. The smallest absolute Gasteiger partial charge is 0.259 e. The minimum Gasteiger partial charge on any atom is -0.349 e. The number of nitrogens with one attached hydrogen (secondary N) is 3. The molecule has 2 amide bonds. The number of pyridine rings is 1. The molecular weight excluding hydrogens is 454 g/mol. The fraction of sp³-hybridized carbons (Fsp3) is 0.536. The Kier molecular flexibility index (Phi) is 7.25. The number of hydrogen-bond acceptors (Lipinski definition) is 5. The van der Waals surface area contributed by atoms with Crippen LogP contribution in [0.4, 0.5) is 0 Å². The zero-order valence-electron chi connectivity index (χ0n) is 21.2. The van der Waals surface area contributed by atoms with Gasteiger partial charge in [0.15, 0.2) is 0 Å². The maximum absolute atomic E-state index is 13.7. The van der Waals surface area contributed by atoms with Gasteiger partial charge in [0, 0.05) is 49.7 Å².